The Labute approximate surface area is 180 Å². The molecule has 0 amide bonds. The lowest BCUT2D eigenvalue weighted by molar-refractivity contribution is 0.768. The number of hydrogen-bond acceptors (Lipinski definition) is 5. The number of likely N-dealkylation sites (N-methyl/N-ethyl adjacent to an activating group) is 2. The van der Waals surface area contributed by atoms with Crippen LogP contribution in [0.15, 0.2) is 54.9 Å². The van der Waals surface area contributed by atoms with Crippen molar-refractivity contribution in [3.8, 4) is 22.6 Å². The predicted octanol–water partition coefficient (Wildman–Crippen LogP) is 4.13. The van der Waals surface area contributed by atoms with Crippen LogP contribution in [0.25, 0.3) is 44.6 Å². The van der Waals surface area contributed by atoms with Crippen LogP contribution in [0.3, 0.4) is 0 Å². The number of H-pyrrole nitrogens is 2. The van der Waals surface area contributed by atoms with E-state index in [1.54, 1.807) is 0 Å². The minimum absolute atomic E-state index is 0.735. The van der Waals surface area contributed by atoms with Crippen molar-refractivity contribution >= 4 is 27.6 Å². The molecule has 0 atom stereocenters. The van der Waals surface area contributed by atoms with Gasteiger partial charge in [0.15, 0.2) is 5.82 Å². The van der Waals surface area contributed by atoms with Gasteiger partial charge >= 0.3 is 0 Å². The molecule has 3 heterocycles. The van der Waals surface area contributed by atoms with Crippen LogP contribution in [0.2, 0.25) is 0 Å². The summed E-state index contributed by atoms with van der Waals surface area (Å²) in [5.74, 6) is 0.735. The number of rotatable bonds is 6. The van der Waals surface area contributed by atoms with Gasteiger partial charge in [-0.2, -0.15) is 5.10 Å². The lowest BCUT2D eigenvalue weighted by Crippen LogP contribution is -2.27. The number of pyridine rings is 1. The van der Waals surface area contributed by atoms with E-state index in [9.17, 15) is 0 Å². The van der Waals surface area contributed by atoms with Crippen LogP contribution in [0.1, 0.15) is 5.56 Å². The lowest BCUT2D eigenvalue weighted by atomic mass is 10.0. The van der Waals surface area contributed by atoms with Gasteiger partial charge in [0.05, 0.1) is 29.1 Å². The summed E-state index contributed by atoms with van der Waals surface area (Å²) in [4.78, 5) is 14.9. The third-order valence-electron chi connectivity index (χ3n) is 5.62. The highest BCUT2D eigenvalue weighted by Gasteiger charge is 2.16. The Morgan fingerprint density at radius 3 is 2.74 bits per heavy atom. The normalized spacial score (nSPS) is 11.5. The van der Waals surface area contributed by atoms with Crippen molar-refractivity contribution in [1.29, 1.82) is 0 Å². The van der Waals surface area contributed by atoms with Crippen molar-refractivity contribution in [1.82, 2.24) is 30.5 Å². The molecule has 0 spiro atoms. The lowest BCUT2D eigenvalue weighted by Gasteiger charge is -2.18. The van der Waals surface area contributed by atoms with Crippen LogP contribution in [0.4, 0.5) is 5.69 Å². The maximum absolute atomic E-state index is 4.91. The van der Waals surface area contributed by atoms with Crippen molar-refractivity contribution in [3.63, 3.8) is 0 Å². The molecular formula is C24H25N7. The minimum Gasteiger partial charge on any atom is -0.370 e. The Bertz CT molecular complexity index is 1370. The Morgan fingerprint density at radius 1 is 1.03 bits per heavy atom. The fraction of sp³-hybridized carbons (Fsp3) is 0.208. The fourth-order valence-corrected chi connectivity index (χ4v) is 3.91. The number of hydrogen-bond donors (Lipinski definition) is 3. The molecule has 0 aliphatic rings. The van der Waals surface area contributed by atoms with Gasteiger partial charge in [0, 0.05) is 25.5 Å². The summed E-state index contributed by atoms with van der Waals surface area (Å²) < 4.78 is 0. The summed E-state index contributed by atoms with van der Waals surface area (Å²) in [6, 6.07) is 14.9. The van der Waals surface area contributed by atoms with Gasteiger partial charge in [-0.1, -0.05) is 35.9 Å². The summed E-state index contributed by atoms with van der Waals surface area (Å²) in [6.45, 7) is 3.86. The maximum atomic E-state index is 4.91. The standard InChI is InChI=1S/C24H25N7/c1-15-5-4-6-16(11-15)17-7-8-19-18(12-17)22(30-29-19)24-27-20-13-26-14-21(23(20)28-24)31(3)10-9-25-2/h4-8,11-14,25H,9-10H2,1-3H3,(H,27,28)(H,29,30). The summed E-state index contributed by atoms with van der Waals surface area (Å²) in [5, 5.41) is 11.9. The summed E-state index contributed by atoms with van der Waals surface area (Å²) in [5.41, 5.74) is 8.17. The third kappa shape index (κ3) is 3.53. The first-order valence-electron chi connectivity index (χ1n) is 10.4. The molecule has 5 rings (SSSR count). The highest BCUT2D eigenvalue weighted by molar-refractivity contribution is 5.97. The molecule has 5 aromatic rings. The van der Waals surface area contributed by atoms with Gasteiger partial charge in [-0.15, -0.1) is 0 Å². The molecule has 3 aromatic heterocycles. The van der Waals surface area contributed by atoms with Crippen LogP contribution in [0.5, 0.6) is 0 Å². The molecule has 0 unspecified atom stereocenters. The van der Waals surface area contributed by atoms with E-state index in [0.29, 0.717) is 0 Å². The molecule has 0 bridgehead atoms. The molecule has 7 heteroatoms. The first-order valence-corrected chi connectivity index (χ1v) is 10.4. The molecule has 0 saturated carbocycles. The highest BCUT2D eigenvalue weighted by Crippen LogP contribution is 2.32. The molecule has 0 fully saturated rings. The zero-order valence-corrected chi connectivity index (χ0v) is 17.9. The number of aromatic amines is 2. The number of imidazole rings is 1. The van der Waals surface area contributed by atoms with E-state index in [1.807, 2.05) is 19.4 Å². The van der Waals surface area contributed by atoms with Gasteiger partial charge in [0.1, 0.15) is 11.2 Å². The number of nitrogens with one attached hydrogen (secondary N) is 3. The second-order valence-corrected chi connectivity index (χ2v) is 7.87. The molecule has 7 nitrogen and oxygen atoms in total. The molecule has 2 aromatic carbocycles. The van der Waals surface area contributed by atoms with Crippen molar-refractivity contribution in [2.45, 2.75) is 6.92 Å². The first kappa shape index (κ1) is 19.3. The SMILES string of the molecule is CNCCN(C)c1cncc2[nH]c(-c3n[nH]c4ccc(-c5cccc(C)c5)cc34)nc12. The molecule has 156 valence electrons. The Kier molecular flexibility index (Phi) is 4.88. The number of benzene rings is 2. The van der Waals surface area contributed by atoms with Gasteiger partial charge in [-0.3, -0.25) is 10.1 Å². The predicted molar refractivity (Wildman–Crippen MR) is 126 cm³/mol. The van der Waals surface area contributed by atoms with E-state index < -0.39 is 0 Å². The summed E-state index contributed by atoms with van der Waals surface area (Å²) in [7, 11) is 4.01. The van der Waals surface area contributed by atoms with Gasteiger partial charge in [0.2, 0.25) is 0 Å². The van der Waals surface area contributed by atoms with Gasteiger partial charge < -0.3 is 15.2 Å². The van der Waals surface area contributed by atoms with Crippen molar-refractivity contribution in [3.05, 3.63) is 60.4 Å². The van der Waals surface area contributed by atoms with E-state index in [-0.39, 0.29) is 0 Å². The number of fused-ring (bicyclic) bond motifs is 2. The van der Waals surface area contributed by atoms with Crippen LogP contribution in [-0.4, -0.2) is 52.3 Å². The molecule has 0 radical (unpaired) electrons. The number of aromatic nitrogens is 5. The van der Waals surface area contributed by atoms with Gasteiger partial charge in [-0.05, 0) is 37.2 Å². The van der Waals surface area contributed by atoms with Gasteiger partial charge in [0.25, 0.3) is 0 Å². The van der Waals surface area contributed by atoms with Gasteiger partial charge in [-0.25, -0.2) is 4.98 Å². The molecule has 0 aliphatic heterocycles. The van der Waals surface area contributed by atoms with E-state index in [4.69, 9.17) is 4.98 Å². The average molecular weight is 412 g/mol. The molecule has 3 N–H and O–H groups in total. The van der Waals surface area contributed by atoms with E-state index in [2.05, 4.69) is 86.8 Å². The Morgan fingerprint density at radius 2 is 1.90 bits per heavy atom. The average Bonchev–Trinajstić information content (AvgIpc) is 3.40. The largest absolute Gasteiger partial charge is 0.370 e. The molecule has 31 heavy (non-hydrogen) atoms. The number of nitrogens with zero attached hydrogens (tertiary/aromatic N) is 4. The smallest absolute Gasteiger partial charge is 0.159 e. The van der Waals surface area contributed by atoms with E-state index in [0.717, 1.165) is 57.8 Å². The molecule has 0 aliphatic carbocycles. The van der Waals surface area contributed by atoms with Crippen LogP contribution >= 0.6 is 0 Å². The number of aryl methyl sites for hydroxylation is 1. The van der Waals surface area contributed by atoms with Crippen molar-refractivity contribution in [2.75, 3.05) is 32.1 Å². The van der Waals surface area contributed by atoms with E-state index in [1.165, 1.54) is 11.1 Å². The van der Waals surface area contributed by atoms with Crippen molar-refractivity contribution in [2.24, 2.45) is 0 Å². The first-order chi connectivity index (χ1) is 15.1. The second kappa shape index (κ2) is 7.85. The molecular weight excluding hydrogens is 386 g/mol. The zero-order valence-electron chi connectivity index (χ0n) is 17.9. The van der Waals surface area contributed by atoms with Crippen molar-refractivity contribution < 1.29 is 0 Å². The minimum atomic E-state index is 0.735. The van der Waals surface area contributed by atoms with Crippen LogP contribution in [-0.2, 0) is 0 Å². The zero-order chi connectivity index (χ0) is 21.4. The maximum Gasteiger partial charge on any atom is 0.159 e. The molecule has 0 saturated heterocycles. The second-order valence-electron chi connectivity index (χ2n) is 7.87. The monoisotopic (exact) mass is 411 g/mol. The number of anilines is 1. The van der Waals surface area contributed by atoms with Crippen LogP contribution in [0, 0.1) is 6.92 Å². The topological polar surface area (TPSA) is 85.5 Å². The highest BCUT2D eigenvalue weighted by atomic mass is 15.2. The third-order valence-corrected chi connectivity index (χ3v) is 5.62. The quantitative estimate of drug-likeness (QED) is 0.391. The summed E-state index contributed by atoms with van der Waals surface area (Å²) >= 11 is 0. The summed E-state index contributed by atoms with van der Waals surface area (Å²) in [6.07, 6.45) is 3.68. The van der Waals surface area contributed by atoms with Crippen LogP contribution < -0.4 is 10.2 Å². The fourth-order valence-electron chi connectivity index (χ4n) is 3.91. The Hall–Kier alpha value is -3.71. The van der Waals surface area contributed by atoms with E-state index >= 15 is 0 Å². The Balaban J connectivity index is 1.60.